The Morgan fingerprint density at radius 1 is 1.42 bits per heavy atom. The van der Waals surface area contributed by atoms with E-state index in [-0.39, 0.29) is 0 Å². The number of nitrogens with zero attached hydrogens (tertiary/aromatic N) is 3. The molecule has 0 saturated carbocycles. The molecular weight excluding hydrogens is 278 g/mol. The quantitative estimate of drug-likeness (QED) is 0.793. The number of thioether (sulfide) groups is 1. The van der Waals surface area contributed by atoms with Gasteiger partial charge in [0, 0.05) is 43.7 Å². The lowest BCUT2D eigenvalue weighted by Crippen LogP contribution is -2.55. The van der Waals surface area contributed by atoms with Crippen molar-refractivity contribution in [1.82, 2.24) is 9.88 Å². The smallest absolute Gasteiger partial charge is 0.142 e. The van der Waals surface area contributed by atoms with Crippen molar-refractivity contribution in [1.29, 1.82) is 0 Å². The molecule has 1 atom stereocenters. The van der Waals surface area contributed by atoms with Crippen LogP contribution in [0.1, 0.15) is 20.3 Å². The van der Waals surface area contributed by atoms with Gasteiger partial charge in [0.15, 0.2) is 0 Å². The van der Waals surface area contributed by atoms with Crippen molar-refractivity contribution in [2.45, 2.75) is 37.2 Å². The molecule has 3 heterocycles. The molecule has 1 aromatic rings. The van der Waals surface area contributed by atoms with Crippen LogP contribution in [0.25, 0.3) is 0 Å². The molecule has 0 N–H and O–H groups in total. The van der Waals surface area contributed by atoms with E-state index in [4.69, 9.17) is 11.6 Å². The highest BCUT2D eigenvalue weighted by atomic mass is 35.5. The van der Waals surface area contributed by atoms with Gasteiger partial charge in [-0.05, 0) is 26.3 Å². The van der Waals surface area contributed by atoms with E-state index in [0.717, 1.165) is 36.2 Å². The average Bonchev–Trinajstić information content (AvgIpc) is 2.56. The maximum absolute atomic E-state index is 6.07. The van der Waals surface area contributed by atoms with Crippen LogP contribution >= 0.6 is 23.4 Å². The minimum atomic E-state index is 0.596. The predicted octanol–water partition coefficient (Wildman–Crippen LogP) is 3.13. The lowest BCUT2D eigenvalue weighted by Gasteiger charge is -2.43. The van der Waals surface area contributed by atoms with Gasteiger partial charge in [0.05, 0.1) is 9.92 Å². The Morgan fingerprint density at radius 2 is 2.26 bits per heavy atom. The maximum Gasteiger partial charge on any atom is 0.142 e. The number of hydrogen-bond donors (Lipinski definition) is 0. The monoisotopic (exact) mass is 297 g/mol. The zero-order valence-corrected chi connectivity index (χ0v) is 13.0. The van der Waals surface area contributed by atoms with Crippen LogP contribution < -0.4 is 4.90 Å². The number of aromatic nitrogens is 1. The van der Waals surface area contributed by atoms with Crippen molar-refractivity contribution in [2.24, 2.45) is 0 Å². The van der Waals surface area contributed by atoms with Gasteiger partial charge in [0.1, 0.15) is 5.82 Å². The number of halogens is 1. The van der Waals surface area contributed by atoms with E-state index in [1.54, 1.807) is 6.20 Å². The topological polar surface area (TPSA) is 19.4 Å². The van der Waals surface area contributed by atoms with Crippen LogP contribution in [0.15, 0.2) is 17.2 Å². The second-order valence-corrected chi connectivity index (χ2v) is 7.12. The van der Waals surface area contributed by atoms with Gasteiger partial charge < -0.3 is 4.90 Å². The summed E-state index contributed by atoms with van der Waals surface area (Å²) in [4.78, 5) is 10.9. The first kappa shape index (κ1) is 13.5. The molecule has 0 bridgehead atoms. The van der Waals surface area contributed by atoms with Crippen molar-refractivity contribution < 1.29 is 0 Å². The van der Waals surface area contributed by atoms with Gasteiger partial charge in [0.2, 0.25) is 0 Å². The fraction of sp³-hybridized carbons (Fsp3) is 0.643. The van der Waals surface area contributed by atoms with E-state index < -0.39 is 0 Å². The molecule has 3 rings (SSSR count). The highest BCUT2D eigenvalue weighted by Gasteiger charge is 2.32. The Bertz CT molecular complexity index is 466. The molecule has 3 nitrogen and oxygen atoms in total. The van der Waals surface area contributed by atoms with Crippen molar-refractivity contribution in [3.05, 3.63) is 17.3 Å². The zero-order chi connectivity index (χ0) is 13.4. The Morgan fingerprint density at radius 3 is 3.05 bits per heavy atom. The minimum absolute atomic E-state index is 0.596. The zero-order valence-electron chi connectivity index (χ0n) is 11.5. The van der Waals surface area contributed by atoms with Crippen LogP contribution in [0.5, 0.6) is 0 Å². The van der Waals surface area contributed by atoms with Gasteiger partial charge in [-0.15, -0.1) is 11.8 Å². The molecule has 0 spiro atoms. The van der Waals surface area contributed by atoms with Gasteiger partial charge in [-0.25, -0.2) is 4.98 Å². The Balaban J connectivity index is 1.87. The van der Waals surface area contributed by atoms with Gasteiger partial charge in [-0.3, -0.25) is 4.90 Å². The molecule has 0 unspecified atom stereocenters. The summed E-state index contributed by atoms with van der Waals surface area (Å²) >= 11 is 7.96. The van der Waals surface area contributed by atoms with Crippen LogP contribution in [-0.2, 0) is 0 Å². The summed E-state index contributed by atoms with van der Waals surface area (Å²) in [6.07, 6.45) is 3.00. The highest BCUT2D eigenvalue weighted by Crippen LogP contribution is 2.37. The molecule has 104 valence electrons. The van der Waals surface area contributed by atoms with E-state index in [1.165, 1.54) is 11.3 Å². The largest absolute Gasteiger partial charge is 0.350 e. The first-order valence-electron chi connectivity index (χ1n) is 6.94. The van der Waals surface area contributed by atoms with Gasteiger partial charge in [-0.1, -0.05) is 11.6 Å². The lowest BCUT2D eigenvalue weighted by atomic mass is 10.1. The molecule has 2 aliphatic heterocycles. The molecule has 2 aliphatic rings. The predicted molar refractivity (Wildman–Crippen MR) is 82.4 cm³/mol. The lowest BCUT2D eigenvalue weighted by molar-refractivity contribution is 0.178. The van der Waals surface area contributed by atoms with E-state index in [9.17, 15) is 0 Å². The molecular formula is C14H20ClN3S. The van der Waals surface area contributed by atoms with Crippen molar-refractivity contribution in [3.8, 4) is 0 Å². The minimum Gasteiger partial charge on any atom is -0.350 e. The second-order valence-electron chi connectivity index (χ2n) is 5.55. The van der Waals surface area contributed by atoms with Crippen LogP contribution in [0, 0.1) is 0 Å². The maximum atomic E-state index is 6.07. The van der Waals surface area contributed by atoms with Gasteiger partial charge >= 0.3 is 0 Å². The van der Waals surface area contributed by atoms with Crippen LogP contribution in [0.2, 0.25) is 5.02 Å². The van der Waals surface area contributed by atoms with Crippen molar-refractivity contribution in [3.63, 3.8) is 0 Å². The molecule has 1 saturated heterocycles. The first-order valence-corrected chi connectivity index (χ1v) is 8.30. The fourth-order valence-electron chi connectivity index (χ4n) is 2.91. The van der Waals surface area contributed by atoms with Crippen molar-refractivity contribution in [2.75, 3.05) is 30.3 Å². The Kier molecular flexibility index (Phi) is 3.92. The summed E-state index contributed by atoms with van der Waals surface area (Å²) in [5, 5.41) is 0.741. The fourth-order valence-corrected chi connectivity index (χ4v) is 4.26. The standard InChI is InChI=1S/C14H20ClN3S/c1-10(2)17-4-5-18-12(9-17)3-6-19-13-7-11(15)8-16-14(13)18/h7-8,10,12H,3-6,9H2,1-2H3/t12-/m1/s1. The molecule has 19 heavy (non-hydrogen) atoms. The number of pyridine rings is 1. The third-order valence-electron chi connectivity index (χ3n) is 4.02. The third kappa shape index (κ3) is 2.71. The third-order valence-corrected chi connectivity index (χ3v) is 5.28. The second kappa shape index (κ2) is 5.51. The van der Waals surface area contributed by atoms with E-state index >= 15 is 0 Å². The number of piperazine rings is 1. The number of hydrogen-bond acceptors (Lipinski definition) is 4. The molecule has 1 fully saturated rings. The number of fused-ring (bicyclic) bond motifs is 3. The SMILES string of the molecule is CC(C)N1CCN2c3ncc(Cl)cc3SCC[C@@H]2C1. The number of anilines is 1. The van der Waals surface area contributed by atoms with E-state index in [0.29, 0.717) is 12.1 Å². The molecule has 5 heteroatoms. The average molecular weight is 298 g/mol. The molecule has 1 aromatic heterocycles. The first-order chi connectivity index (χ1) is 9.15. The number of rotatable bonds is 1. The van der Waals surface area contributed by atoms with Gasteiger partial charge in [-0.2, -0.15) is 0 Å². The van der Waals surface area contributed by atoms with Crippen LogP contribution in [-0.4, -0.2) is 47.4 Å². The molecule has 0 amide bonds. The van der Waals surface area contributed by atoms with Crippen LogP contribution in [0.4, 0.5) is 5.82 Å². The molecule has 0 radical (unpaired) electrons. The summed E-state index contributed by atoms with van der Waals surface area (Å²) < 4.78 is 0. The van der Waals surface area contributed by atoms with Crippen LogP contribution in [0.3, 0.4) is 0 Å². The summed E-state index contributed by atoms with van der Waals surface area (Å²) in [5.41, 5.74) is 0. The summed E-state index contributed by atoms with van der Waals surface area (Å²) in [5.74, 6) is 2.29. The normalized spacial score (nSPS) is 24.0. The molecule has 0 aliphatic carbocycles. The Labute approximate surface area is 124 Å². The summed E-state index contributed by atoms with van der Waals surface area (Å²) in [6, 6.07) is 3.29. The van der Waals surface area contributed by atoms with E-state index in [2.05, 4.69) is 34.7 Å². The molecule has 0 aromatic carbocycles. The van der Waals surface area contributed by atoms with Crippen molar-refractivity contribution >= 4 is 29.2 Å². The van der Waals surface area contributed by atoms with E-state index in [1.807, 2.05) is 11.8 Å². The summed E-state index contributed by atoms with van der Waals surface area (Å²) in [6.45, 7) is 7.93. The Hall–Kier alpha value is -0.450. The highest BCUT2D eigenvalue weighted by molar-refractivity contribution is 7.99. The summed E-state index contributed by atoms with van der Waals surface area (Å²) in [7, 11) is 0. The van der Waals surface area contributed by atoms with Gasteiger partial charge in [0.25, 0.3) is 0 Å².